The van der Waals surface area contributed by atoms with E-state index in [1.54, 1.807) is 12.1 Å². The molecule has 0 fully saturated rings. The number of nitrogens with one attached hydrogen (secondary N) is 1. The fourth-order valence-electron chi connectivity index (χ4n) is 2.36. The smallest absolute Gasteiger partial charge is 0.338 e. The molecule has 0 radical (unpaired) electrons. The molecule has 2 aromatic rings. The number of ether oxygens (including phenoxy) is 1. The molecule has 0 spiro atoms. The van der Waals surface area contributed by atoms with Crippen molar-refractivity contribution in [2.75, 3.05) is 6.61 Å². The minimum atomic E-state index is -0.483. The molecule has 4 nitrogen and oxygen atoms in total. The second-order valence-electron chi connectivity index (χ2n) is 5.66. The molecule has 0 heterocycles. The van der Waals surface area contributed by atoms with E-state index in [4.69, 9.17) is 4.74 Å². The molecular formula is C19H21NO3. The molecule has 0 aliphatic heterocycles. The third kappa shape index (κ3) is 4.95. The second-order valence-corrected chi connectivity index (χ2v) is 5.66. The largest absolute Gasteiger partial charge is 0.452 e. The van der Waals surface area contributed by atoms with Crippen LogP contribution >= 0.6 is 0 Å². The van der Waals surface area contributed by atoms with Crippen molar-refractivity contribution in [3.63, 3.8) is 0 Å². The molecule has 2 rings (SSSR count). The van der Waals surface area contributed by atoms with Crippen molar-refractivity contribution in [3.05, 3.63) is 70.3 Å². The zero-order chi connectivity index (χ0) is 16.8. The molecule has 0 unspecified atom stereocenters. The van der Waals surface area contributed by atoms with E-state index in [-0.39, 0.29) is 12.5 Å². The van der Waals surface area contributed by atoms with Gasteiger partial charge in [-0.2, -0.15) is 0 Å². The Balaban J connectivity index is 1.84. The van der Waals surface area contributed by atoms with Crippen molar-refractivity contribution in [1.82, 2.24) is 5.32 Å². The Morgan fingerprint density at radius 3 is 2.30 bits per heavy atom. The highest BCUT2D eigenvalue weighted by atomic mass is 16.5. The first-order valence-corrected chi connectivity index (χ1v) is 7.52. The first-order chi connectivity index (χ1) is 11.0. The number of esters is 1. The number of aryl methyl sites for hydroxylation is 3. The van der Waals surface area contributed by atoms with Crippen LogP contribution in [-0.2, 0) is 16.1 Å². The van der Waals surface area contributed by atoms with Gasteiger partial charge in [0.2, 0.25) is 0 Å². The summed E-state index contributed by atoms with van der Waals surface area (Å²) < 4.78 is 5.07. The average Bonchev–Trinajstić information content (AvgIpc) is 2.51. The number of carbonyl (C=O) groups excluding carboxylic acids is 2. The average molecular weight is 311 g/mol. The molecule has 1 amide bonds. The van der Waals surface area contributed by atoms with E-state index >= 15 is 0 Å². The highest BCUT2D eigenvalue weighted by Gasteiger charge is 2.11. The van der Waals surface area contributed by atoms with Crippen molar-refractivity contribution in [2.45, 2.75) is 27.3 Å². The summed E-state index contributed by atoms with van der Waals surface area (Å²) in [5, 5.41) is 2.75. The van der Waals surface area contributed by atoms with Gasteiger partial charge in [0.05, 0.1) is 5.56 Å². The minimum Gasteiger partial charge on any atom is -0.452 e. The van der Waals surface area contributed by atoms with Gasteiger partial charge in [-0.25, -0.2) is 4.79 Å². The summed E-state index contributed by atoms with van der Waals surface area (Å²) in [6.45, 7) is 5.96. The molecule has 2 aromatic carbocycles. The predicted octanol–water partition coefficient (Wildman–Crippen LogP) is 3.09. The molecule has 120 valence electrons. The Hall–Kier alpha value is -2.62. The lowest BCUT2D eigenvalue weighted by molar-refractivity contribution is -0.124. The third-order valence-corrected chi connectivity index (χ3v) is 3.53. The van der Waals surface area contributed by atoms with Crippen molar-refractivity contribution in [2.24, 2.45) is 0 Å². The van der Waals surface area contributed by atoms with E-state index in [1.807, 2.05) is 51.1 Å². The second kappa shape index (κ2) is 7.58. The van der Waals surface area contributed by atoms with Gasteiger partial charge in [-0.05, 0) is 44.0 Å². The summed E-state index contributed by atoms with van der Waals surface area (Å²) in [5.74, 6) is -0.797. The molecule has 0 aliphatic rings. The lowest BCUT2D eigenvalue weighted by atomic mass is 10.1. The quantitative estimate of drug-likeness (QED) is 0.863. The van der Waals surface area contributed by atoms with Crippen molar-refractivity contribution >= 4 is 11.9 Å². The Morgan fingerprint density at radius 2 is 1.65 bits per heavy atom. The maximum absolute atomic E-state index is 12.0. The summed E-state index contributed by atoms with van der Waals surface area (Å²) in [6, 6.07) is 13.3. The van der Waals surface area contributed by atoms with Gasteiger partial charge < -0.3 is 10.1 Å². The van der Waals surface area contributed by atoms with E-state index in [0.29, 0.717) is 12.1 Å². The van der Waals surface area contributed by atoms with E-state index in [2.05, 4.69) is 5.32 Å². The summed E-state index contributed by atoms with van der Waals surface area (Å²) in [7, 11) is 0. The Labute approximate surface area is 136 Å². The number of carbonyl (C=O) groups is 2. The lowest BCUT2D eigenvalue weighted by Gasteiger charge is -2.09. The summed E-state index contributed by atoms with van der Waals surface area (Å²) in [4.78, 5) is 23.8. The van der Waals surface area contributed by atoms with Crippen LogP contribution < -0.4 is 5.32 Å². The van der Waals surface area contributed by atoms with Crippen LogP contribution in [0.3, 0.4) is 0 Å². The fraction of sp³-hybridized carbons (Fsp3) is 0.263. The maximum atomic E-state index is 12.0. The molecular weight excluding hydrogens is 290 g/mol. The summed E-state index contributed by atoms with van der Waals surface area (Å²) in [6.07, 6.45) is 0. The lowest BCUT2D eigenvalue weighted by Crippen LogP contribution is -2.28. The molecule has 4 heteroatoms. The van der Waals surface area contributed by atoms with Crippen molar-refractivity contribution in [3.8, 4) is 0 Å². The molecule has 1 N–H and O–H groups in total. The van der Waals surface area contributed by atoms with E-state index < -0.39 is 5.97 Å². The Morgan fingerprint density at radius 1 is 1.00 bits per heavy atom. The fourth-order valence-corrected chi connectivity index (χ4v) is 2.36. The van der Waals surface area contributed by atoms with Gasteiger partial charge in [0, 0.05) is 6.54 Å². The number of hydrogen-bond donors (Lipinski definition) is 1. The van der Waals surface area contributed by atoms with Gasteiger partial charge in [-0.1, -0.05) is 41.5 Å². The number of benzene rings is 2. The molecule has 0 aliphatic carbocycles. The third-order valence-electron chi connectivity index (χ3n) is 3.53. The van der Waals surface area contributed by atoms with E-state index in [0.717, 1.165) is 22.3 Å². The molecule has 0 bridgehead atoms. The van der Waals surface area contributed by atoms with Gasteiger partial charge in [0.25, 0.3) is 5.91 Å². The van der Waals surface area contributed by atoms with Crippen LogP contribution in [0.4, 0.5) is 0 Å². The van der Waals surface area contributed by atoms with Crippen LogP contribution in [0.25, 0.3) is 0 Å². The Bertz CT molecular complexity index is 702. The van der Waals surface area contributed by atoms with Crippen LogP contribution in [0.2, 0.25) is 0 Å². The van der Waals surface area contributed by atoms with Crippen molar-refractivity contribution in [1.29, 1.82) is 0 Å². The van der Waals surface area contributed by atoms with Gasteiger partial charge in [-0.3, -0.25) is 4.79 Å². The zero-order valence-corrected chi connectivity index (χ0v) is 13.7. The van der Waals surface area contributed by atoms with Gasteiger partial charge in [0.1, 0.15) is 0 Å². The molecule has 23 heavy (non-hydrogen) atoms. The number of rotatable bonds is 5. The van der Waals surface area contributed by atoms with Gasteiger partial charge >= 0.3 is 5.97 Å². The molecule has 0 aromatic heterocycles. The first-order valence-electron chi connectivity index (χ1n) is 7.52. The molecule has 0 saturated carbocycles. The highest BCUT2D eigenvalue weighted by Crippen LogP contribution is 2.10. The van der Waals surface area contributed by atoms with E-state index in [1.165, 1.54) is 0 Å². The SMILES string of the molecule is Cc1cc(C)cc(C(=O)OCC(=O)NCc2ccccc2C)c1. The van der Waals surface area contributed by atoms with Crippen LogP contribution in [0.5, 0.6) is 0 Å². The maximum Gasteiger partial charge on any atom is 0.338 e. The van der Waals surface area contributed by atoms with E-state index in [9.17, 15) is 9.59 Å². The normalized spacial score (nSPS) is 10.2. The Kier molecular flexibility index (Phi) is 5.52. The summed E-state index contributed by atoms with van der Waals surface area (Å²) >= 11 is 0. The predicted molar refractivity (Wildman–Crippen MR) is 89.2 cm³/mol. The number of hydrogen-bond acceptors (Lipinski definition) is 3. The first kappa shape index (κ1) is 16.7. The van der Waals surface area contributed by atoms with Gasteiger partial charge in [-0.15, -0.1) is 0 Å². The van der Waals surface area contributed by atoms with Crippen LogP contribution in [-0.4, -0.2) is 18.5 Å². The topological polar surface area (TPSA) is 55.4 Å². The standard InChI is InChI=1S/C19H21NO3/c1-13-8-14(2)10-17(9-13)19(22)23-12-18(21)20-11-16-7-5-4-6-15(16)3/h4-10H,11-12H2,1-3H3,(H,20,21). The summed E-state index contributed by atoms with van der Waals surface area (Å²) in [5.41, 5.74) is 4.60. The minimum absolute atomic E-state index is 0.280. The van der Waals surface area contributed by atoms with Gasteiger partial charge in [0.15, 0.2) is 6.61 Å². The number of amides is 1. The highest BCUT2D eigenvalue weighted by molar-refractivity contribution is 5.91. The van der Waals surface area contributed by atoms with Crippen LogP contribution in [0, 0.1) is 20.8 Å². The van der Waals surface area contributed by atoms with Crippen LogP contribution in [0.1, 0.15) is 32.6 Å². The molecule has 0 atom stereocenters. The molecule has 0 saturated heterocycles. The van der Waals surface area contributed by atoms with Crippen LogP contribution in [0.15, 0.2) is 42.5 Å². The monoisotopic (exact) mass is 311 g/mol. The van der Waals surface area contributed by atoms with Crippen molar-refractivity contribution < 1.29 is 14.3 Å². The zero-order valence-electron chi connectivity index (χ0n) is 13.7.